The van der Waals surface area contributed by atoms with Gasteiger partial charge in [-0.2, -0.15) is 0 Å². The molecule has 0 spiro atoms. The van der Waals surface area contributed by atoms with Gasteiger partial charge in [-0.05, 0) is 31.9 Å². The first-order valence-electron chi connectivity index (χ1n) is 7.38. The number of rotatable bonds is 6. The molecule has 0 aromatic carbocycles. The van der Waals surface area contributed by atoms with Gasteiger partial charge in [0.1, 0.15) is 5.76 Å². The van der Waals surface area contributed by atoms with E-state index in [9.17, 15) is 9.59 Å². The number of hydrogen-bond donors (Lipinski definition) is 1. The molecule has 2 rings (SSSR count). The van der Waals surface area contributed by atoms with E-state index in [-0.39, 0.29) is 12.6 Å². The molecule has 21 heavy (non-hydrogen) atoms. The van der Waals surface area contributed by atoms with Crippen LogP contribution in [0, 0.1) is 0 Å². The standard InChI is InChI=1S/C15H22N2O4/c1-2-20-15(19)13(16)14(18)17(11-6-3-4-7-11)10-12-8-5-9-21-12/h5,8-9,11,13H,2-4,6-7,10,16H2,1H3. The maximum Gasteiger partial charge on any atom is 0.332 e. The second-order valence-corrected chi connectivity index (χ2v) is 5.21. The Labute approximate surface area is 124 Å². The van der Waals surface area contributed by atoms with E-state index < -0.39 is 17.9 Å². The van der Waals surface area contributed by atoms with Gasteiger partial charge in [0, 0.05) is 6.04 Å². The SMILES string of the molecule is CCOC(=O)C(N)C(=O)N(Cc1ccco1)C1CCCC1. The number of carbonyl (C=O) groups excluding carboxylic acids is 2. The summed E-state index contributed by atoms with van der Waals surface area (Å²) in [5.74, 6) is -0.381. The highest BCUT2D eigenvalue weighted by molar-refractivity contribution is 6.01. The number of nitrogens with two attached hydrogens (primary N) is 1. The normalized spacial score (nSPS) is 16.7. The van der Waals surface area contributed by atoms with Gasteiger partial charge in [-0.1, -0.05) is 12.8 Å². The lowest BCUT2D eigenvalue weighted by molar-refractivity contribution is -0.152. The summed E-state index contributed by atoms with van der Waals surface area (Å²) in [6.45, 7) is 2.23. The molecule has 2 N–H and O–H groups in total. The summed E-state index contributed by atoms with van der Waals surface area (Å²) in [6.07, 6.45) is 5.60. The van der Waals surface area contributed by atoms with Crippen LogP contribution in [0.2, 0.25) is 0 Å². The van der Waals surface area contributed by atoms with E-state index in [1.54, 1.807) is 24.2 Å². The van der Waals surface area contributed by atoms with E-state index in [2.05, 4.69) is 0 Å². The molecular weight excluding hydrogens is 272 g/mol. The Bertz CT molecular complexity index is 466. The number of ether oxygens (including phenoxy) is 1. The second-order valence-electron chi connectivity index (χ2n) is 5.21. The van der Waals surface area contributed by atoms with E-state index in [0.717, 1.165) is 25.7 Å². The molecule has 1 heterocycles. The van der Waals surface area contributed by atoms with Crippen LogP contribution in [0.3, 0.4) is 0 Å². The van der Waals surface area contributed by atoms with E-state index >= 15 is 0 Å². The Hall–Kier alpha value is -1.82. The smallest absolute Gasteiger partial charge is 0.332 e. The lowest BCUT2D eigenvalue weighted by Crippen LogP contribution is -2.51. The predicted molar refractivity (Wildman–Crippen MR) is 76.1 cm³/mol. The first kappa shape index (κ1) is 15.6. The molecule has 1 fully saturated rings. The number of carbonyl (C=O) groups is 2. The monoisotopic (exact) mass is 294 g/mol. The van der Waals surface area contributed by atoms with Crippen LogP contribution in [0.15, 0.2) is 22.8 Å². The third kappa shape index (κ3) is 3.85. The van der Waals surface area contributed by atoms with Crippen molar-refractivity contribution in [2.24, 2.45) is 5.73 Å². The topological polar surface area (TPSA) is 85.8 Å². The lowest BCUT2D eigenvalue weighted by Gasteiger charge is -2.30. The average molecular weight is 294 g/mol. The summed E-state index contributed by atoms with van der Waals surface area (Å²) in [5, 5.41) is 0. The lowest BCUT2D eigenvalue weighted by atomic mass is 10.1. The minimum atomic E-state index is -1.26. The molecule has 0 radical (unpaired) electrons. The van der Waals surface area contributed by atoms with Crippen molar-refractivity contribution in [2.45, 2.75) is 51.2 Å². The van der Waals surface area contributed by atoms with Crippen molar-refractivity contribution in [2.75, 3.05) is 6.61 Å². The van der Waals surface area contributed by atoms with Gasteiger partial charge >= 0.3 is 5.97 Å². The Morgan fingerprint density at radius 2 is 2.19 bits per heavy atom. The van der Waals surface area contributed by atoms with E-state index in [4.69, 9.17) is 14.9 Å². The molecule has 0 saturated heterocycles. The van der Waals surface area contributed by atoms with Crippen molar-refractivity contribution in [1.82, 2.24) is 4.90 Å². The number of nitrogens with zero attached hydrogens (tertiary/aromatic N) is 1. The van der Waals surface area contributed by atoms with Crippen molar-refractivity contribution in [1.29, 1.82) is 0 Å². The summed E-state index contributed by atoms with van der Waals surface area (Å²) in [4.78, 5) is 25.9. The fourth-order valence-electron chi connectivity index (χ4n) is 2.68. The third-order valence-electron chi connectivity index (χ3n) is 3.76. The molecule has 1 aromatic rings. The van der Waals surface area contributed by atoms with Crippen LogP contribution >= 0.6 is 0 Å². The molecule has 1 amide bonds. The predicted octanol–water partition coefficient (Wildman–Crippen LogP) is 1.44. The fraction of sp³-hybridized carbons (Fsp3) is 0.600. The van der Waals surface area contributed by atoms with Crippen molar-refractivity contribution >= 4 is 11.9 Å². The highest BCUT2D eigenvalue weighted by Crippen LogP contribution is 2.25. The van der Waals surface area contributed by atoms with Gasteiger partial charge in [-0.3, -0.25) is 4.79 Å². The Morgan fingerprint density at radius 1 is 1.48 bits per heavy atom. The van der Waals surface area contributed by atoms with Crippen LogP contribution < -0.4 is 5.73 Å². The van der Waals surface area contributed by atoms with Crippen LogP contribution in [-0.2, 0) is 20.9 Å². The van der Waals surface area contributed by atoms with Gasteiger partial charge in [-0.25, -0.2) is 4.79 Å². The van der Waals surface area contributed by atoms with Crippen LogP contribution in [-0.4, -0.2) is 35.5 Å². The summed E-state index contributed by atoms with van der Waals surface area (Å²) in [7, 11) is 0. The highest BCUT2D eigenvalue weighted by atomic mass is 16.5. The Balaban J connectivity index is 2.10. The zero-order valence-corrected chi connectivity index (χ0v) is 12.3. The first-order valence-corrected chi connectivity index (χ1v) is 7.38. The van der Waals surface area contributed by atoms with Gasteiger partial charge in [0.2, 0.25) is 0 Å². The van der Waals surface area contributed by atoms with Crippen LogP contribution in [0.4, 0.5) is 0 Å². The van der Waals surface area contributed by atoms with Crippen molar-refractivity contribution in [3.63, 3.8) is 0 Å². The quantitative estimate of drug-likeness (QED) is 0.634. The molecule has 0 aliphatic heterocycles. The highest BCUT2D eigenvalue weighted by Gasteiger charge is 2.34. The van der Waals surface area contributed by atoms with Crippen molar-refractivity contribution < 1.29 is 18.7 Å². The molecule has 1 saturated carbocycles. The molecule has 0 bridgehead atoms. The van der Waals surface area contributed by atoms with Crippen molar-refractivity contribution in [3.05, 3.63) is 24.2 Å². The molecule has 6 nitrogen and oxygen atoms in total. The summed E-state index contributed by atoms with van der Waals surface area (Å²) in [6, 6.07) is 2.44. The van der Waals surface area contributed by atoms with Gasteiger partial charge in [-0.15, -0.1) is 0 Å². The molecular formula is C15H22N2O4. The number of hydrogen-bond acceptors (Lipinski definition) is 5. The van der Waals surface area contributed by atoms with Crippen LogP contribution in [0.5, 0.6) is 0 Å². The molecule has 1 aromatic heterocycles. The van der Waals surface area contributed by atoms with E-state index in [0.29, 0.717) is 12.3 Å². The average Bonchev–Trinajstić information content (AvgIpc) is 3.16. The van der Waals surface area contributed by atoms with Crippen molar-refractivity contribution in [3.8, 4) is 0 Å². The molecule has 6 heteroatoms. The number of esters is 1. The van der Waals surface area contributed by atoms with Crippen LogP contribution in [0.25, 0.3) is 0 Å². The van der Waals surface area contributed by atoms with Gasteiger partial charge in [0.25, 0.3) is 5.91 Å². The number of furan rings is 1. The van der Waals surface area contributed by atoms with Crippen LogP contribution in [0.1, 0.15) is 38.4 Å². The number of amides is 1. The van der Waals surface area contributed by atoms with Gasteiger partial charge < -0.3 is 19.8 Å². The zero-order valence-electron chi connectivity index (χ0n) is 12.3. The first-order chi connectivity index (χ1) is 10.1. The largest absolute Gasteiger partial charge is 0.467 e. The van der Waals surface area contributed by atoms with Gasteiger partial charge in [0.15, 0.2) is 6.04 Å². The van der Waals surface area contributed by atoms with E-state index in [1.165, 1.54) is 0 Å². The Morgan fingerprint density at radius 3 is 2.76 bits per heavy atom. The maximum atomic E-state index is 12.5. The molecule has 116 valence electrons. The third-order valence-corrected chi connectivity index (χ3v) is 3.76. The minimum Gasteiger partial charge on any atom is -0.467 e. The Kier molecular flexibility index (Phi) is 5.38. The van der Waals surface area contributed by atoms with E-state index in [1.807, 2.05) is 6.07 Å². The molecule has 1 atom stereocenters. The second kappa shape index (κ2) is 7.26. The summed E-state index contributed by atoms with van der Waals surface area (Å²) >= 11 is 0. The molecule has 1 aliphatic carbocycles. The fourth-order valence-corrected chi connectivity index (χ4v) is 2.68. The summed E-state index contributed by atoms with van der Waals surface area (Å²) in [5.41, 5.74) is 5.75. The summed E-state index contributed by atoms with van der Waals surface area (Å²) < 4.78 is 10.1. The maximum absolute atomic E-state index is 12.5. The molecule has 1 unspecified atom stereocenters. The zero-order chi connectivity index (χ0) is 15.2. The molecule has 1 aliphatic rings. The minimum absolute atomic E-state index is 0.114. The van der Waals surface area contributed by atoms with Gasteiger partial charge in [0.05, 0.1) is 19.4 Å².